The molecule has 3 aromatic rings. The van der Waals surface area contributed by atoms with E-state index in [-0.39, 0.29) is 0 Å². The lowest BCUT2D eigenvalue weighted by atomic mass is 10.2. The number of hydrogen-bond donors (Lipinski definition) is 0. The van der Waals surface area contributed by atoms with Gasteiger partial charge in [0.2, 0.25) is 0 Å². The first-order valence-electron chi connectivity index (χ1n) is 6.42. The number of halogens is 1. The highest BCUT2D eigenvalue weighted by atomic mass is 35.5. The minimum Gasteiger partial charge on any atom is -0.323 e. The Bertz CT molecular complexity index is 674. The predicted molar refractivity (Wildman–Crippen MR) is 79.7 cm³/mol. The molecule has 0 amide bonds. The molecule has 0 atom stereocenters. The maximum Gasteiger partial charge on any atom is 0.111 e. The second-order valence-corrected chi connectivity index (χ2v) is 4.91. The van der Waals surface area contributed by atoms with Crippen LogP contribution in [0.4, 0.5) is 0 Å². The van der Waals surface area contributed by atoms with E-state index in [0.717, 1.165) is 24.3 Å². The number of imidazole rings is 1. The zero-order chi connectivity index (χ0) is 13.1. The third kappa shape index (κ3) is 2.49. The maximum atomic E-state index is 5.89. The summed E-state index contributed by atoms with van der Waals surface area (Å²) >= 11 is 5.89. The summed E-state index contributed by atoms with van der Waals surface area (Å²) in [6, 6.07) is 18.7. The van der Waals surface area contributed by atoms with E-state index < -0.39 is 0 Å². The van der Waals surface area contributed by atoms with Gasteiger partial charge in [0, 0.05) is 18.8 Å². The SMILES string of the molecule is ClCCc1nc2ccccc2n1Cc1ccccc1. The number of para-hydroxylation sites is 2. The molecule has 2 aromatic carbocycles. The van der Waals surface area contributed by atoms with Crippen LogP contribution in [0.1, 0.15) is 11.4 Å². The standard InChI is InChI=1S/C16H15ClN2/c17-11-10-16-18-14-8-4-5-9-15(14)19(16)12-13-6-2-1-3-7-13/h1-9H,10-12H2. The van der Waals surface area contributed by atoms with Gasteiger partial charge in [-0.05, 0) is 17.7 Å². The van der Waals surface area contributed by atoms with Gasteiger partial charge in [-0.1, -0.05) is 42.5 Å². The minimum atomic E-state index is 0.595. The van der Waals surface area contributed by atoms with Crippen molar-refractivity contribution in [2.24, 2.45) is 0 Å². The number of alkyl halides is 1. The van der Waals surface area contributed by atoms with Crippen LogP contribution in [0.2, 0.25) is 0 Å². The topological polar surface area (TPSA) is 17.8 Å². The van der Waals surface area contributed by atoms with Crippen LogP contribution in [0.15, 0.2) is 54.6 Å². The summed E-state index contributed by atoms with van der Waals surface area (Å²) < 4.78 is 2.26. The van der Waals surface area contributed by atoms with Crippen molar-refractivity contribution < 1.29 is 0 Å². The van der Waals surface area contributed by atoms with E-state index in [1.165, 1.54) is 11.1 Å². The molecule has 0 fully saturated rings. The summed E-state index contributed by atoms with van der Waals surface area (Å²) in [6.45, 7) is 0.841. The number of aromatic nitrogens is 2. The lowest BCUT2D eigenvalue weighted by molar-refractivity contribution is 0.754. The number of benzene rings is 2. The Morgan fingerprint density at radius 1 is 0.947 bits per heavy atom. The number of fused-ring (bicyclic) bond motifs is 1. The molecule has 0 spiro atoms. The van der Waals surface area contributed by atoms with E-state index in [1.54, 1.807) is 0 Å². The summed E-state index contributed by atoms with van der Waals surface area (Å²) in [5.74, 6) is 1.65. The molecule has 0 aliphatic carbocycles. The van der Waals surface area contributed by atoms with Crippen LogP contribution in [-0.4, -0.2) is 15.4 Å². The van der Waals surface area contributed by atoms with E-state index in [1.807, 2.05) is 12.1 Å². The monoisotopic (exact) mass is 270 g/mol. The van der Waals surface area contributed by atoms with Crippen molar-refractivity contribution in [3.8, 4) is 0 Å². The average Bonchev–Trinajstić information content (AvgIpc) is 2.79. The summed E-state index contributed by atoms with van der Waals surface area (Å²) in [5, 5.41) is 0. The van der Waals surface area contributed by atoms with Crippen LogP contribution in [0.25, 0.3) is 11.0 Å². The predicted octanol–water partition coefficient (Wildman–Crippen LogP) is 3.87. The average molecular weight is 271 g/mol. The van der Waals surface area contributed by atoms with Crippen molar-refractivity contribution in [1.29, 1.82) is 0 Å². The smallest absolute Gasteiger partial charge is 0.111 e. The van der Waals surface area contributed by atoms with Crippen LogP contribution >= 0.6 is 11.6 Å². The zero-order valence-electron chi connectivity index (χ0n) is 10.6. The molecule has 0 unspecified atom stereocenters. The van der Waals surface area contributed by atoms with Crippen molar-refractivity contribution in [2.45, 2.75) is 13.0 Å². The van der Waals surface area contributed by atoms with Crippen LogP contribution in [0.5, 0.6) is 0 Å². The molecule has 0 aliphatic heterocycles. The van der Waals surface area contributed by atoms with Gasteiger partial charge < -0.3 is 4.57 Å². The number of rotatable bonds is 4. The fourth-order valence-electron chi connectivity index (χ4n) is 2.34. The Balaban J connectivity index is 2.07. The van der Waals surface area contributed by atoms with Gasteiger partial charge in [-0.25, -0.2) is 4.98 Å². The van der Waals surface area contributed by atoms with Crippen LogP contribution in [0, 0.1) is 0 Å². The third-order valence-electron chi connectivity index (χ3n) is 3.24. The molecule has 0 N–H and O–H groups in total. The summed E-state index contributed by atoms with van der Waals surface area (Å²) in [6.07, 6.45) is 0.795. The Morgan fingerprint density at radius 2 is 1.68 bits per heavy atom. The van der Waals surface area contributed by atoms with Crippen molar-refractivity contribution in [3.05, 3.63) is 66.0 Å². The van der Waals surface area contributed by atoms with Crippen molar-refractivity contribution in [1.82, 2.24) is 9.55 Å². The molecule has 0 saturated heterocycles. The minimum absolute atomic E-state index is 0.595. The lowest BCUT2D eigenvalue weighted by Gasteiger charge is -2.08. The Kier molecular flexibility index (Phi) is 3.51. The Labute approximate surface area is 117 Å². The largest absolute Gasteiger partial charge is 0.323 e. The molecule has 3 heteroatoms. The maximum absolute atomic E-state index is 5.89. The zero-order valence-corrected chi connectivity index (χ0v) is 11.3. The first kappa shape index (κ1) is 12.2. The van der Waals surface area contributed by atoms with Crippen molar-refractivity contribution in [3.63, 3.8) is 0 Å². The van der Waals surface area contributed by atoms with E-state index in [4.69, 9.17) is 11.6 Å². The van der Waals surface area contributed by atoms with Gasteiger partial charge in [-0.15, -0.1) is 11.6 Å². The molecule has 0 radical (unpaired) electrons. The van der Waals surface area contributed by atoms with Gasteiger partial charge in [-0.2, -0.15) is 0 Å². The Hall–Kier alpha value is -1.80. The molecule has 19 heavy (non-hydrogen) atoms. The summed E-state index contributed by atoms with van der Waals surface area (Å²) in [5.41, 5.74) is 3.49. The van der Waals surface area contributed by atoms with Crippen molar-refractivity contribution in [2.75, 3.05) is 5.88 Å². The molecular formula is C16H15ClN2. The fourth-order valence-corrected chi connectivity index (χ4v) is 2.51. The molecule has 3 rings (SSSR count). The molecule has 0 saturated carbocycles. The normalized spacial score (nSPS) is 11.0. The van der Waals surface area contributed by atoms with E-state index >= 15 is 0 Å². The molecule has 1 aromatic heterocycles. The molecule has 0 bridgehead atoms. The summed E-state index contributed by atoms with van der Waals surface area (Å²) in [7, 11) is 0. The van der Waals surface area contributed by atoms with Crippen molar-refractivity contribution >= 4 is 22.6 Å². The van der Waals surface area contributed by atoms with Gasteiger partial charge in [0.1, 0.15) is 5.82 Å². The van der Waals surface area contributed by atoms with Gasteiger partial charge in [0.25, 0.3) is 0 Å². The fraction of sp³-hybridized carbons (Fsp3) is 0.188. The quantitative estimate of drug-likeness (QED) is 0.658. The first-order valence-corrected chi connectivity index (χ1v) is 6.96. The number of hydrogen-bond acceptors (Lipinski definition) is 1. The molecule has 96 valence electrons. The van der Waals surface area contributed by atoms with Gasteiger partial charge in [0.05, 0.1) is 11.0 Å². The highest BCUT2D eigenvalue weighted by molar-refractivity contribution is 6.17. The van der Waals surface area contributed by atoms with Crippen LogP contribution in [0.3, 0.4) is 0 Å². The number of aryl methyl sites for hydroxylation is 1. The molecular weight excluding hydrogens is 256 g/mol. The highest BCUT2D eigenvalue weighted by Gasteiger charge is 2.09. The van der Waals surface area contributed by atoms with Crippen LogP contribution < -0.4 is 0 Å². The van der Waals surface area contributed by atoms with E-state index in [9.17, 15) is 0 Å². The Morgan fingerprint density at radius 3 is 2.47 bits per heavy atom. The van der Waals surface area contributed by atoms with Gasteiger partial charge >= 0.3 is 0 Å². The highest BCUT2D eigenvalue weighted by Crippen LogP contribution is 2.18. The lowest BCUT2D eigenvalue weighted by Crippen LogP contribution is -2.05. The van der Waals surface area contributed by atoms with E-state index in [2.05, 4.69) is 52.0 Å². The summed E-state index contributed by atoms with van der Waals surface area (Å²) in [4.78, 5) is 4.68. The van der Waals surface area contributed by atoms with Gasteiger partial charge in [0.15, 0.2) is 0 Å². The molecule has 1 heterocycles. The second-order valence-electron chi connectivity index (χ2n) is 4.53. The van der Waals surface area contributed by atoms with Crippen LogP contribution in [-0.2, 0) is 13.0 Å². The molecule has 2 nitrogen and oxygen atoms in total. The molecule has 0 aliphatic rings. The first-order chi connectivity index (χ1) is 9.38. The second kappa shape index (κ2) is 5.45. The third-order valence-corrected chi connectivity index (χ3v) is 3.42. The van der Waals surface area contributed by atoms with Gasteiger partial charge in [-0.3, -0.25) is 0 Å². The number of nitrogens with zero attached hydrogens (tertiary/aromatic N) is 2. The van der Waals surface area contributed by atoms with E-state index in [0.29, 0.717) is 5.88 Å².